The maximum absolute atomic E-state index is 5.47. The molecular formula is C23H23N7O2. The van der Waals surface area contributed by atoms with Crippen LogP contribution in [0.3, 0.4) is 0 Å². The van der Waals surface area contributed by atoms with Crippen molar-refractivity contribution in [2.24, 2.45) is 0 Å². The normalized spacial score (nSPS) is 12.1. The number of hydrogen-bond donors (Lipinski definition) is 2. The van der Waals surface area contributed by atoms with Crippen LogP contribution in [0.25, 0.3) is 10.8 Å². The molecule has 0 spiro atoms. The van der Waals surface area contributed by atoms with Gasteiger partial charge in [-0.3, -0.25) is 0 Å². The van der Waals surface area contributed by atoms with E-state index in [0.717, 1.165) is 35.3 Å². The van der Waals surface area contributed by atoms with Crippen molar-refractivity contribution >= 4 is 40.1 Å². The summed E-state index contributed by atoms with van der Waals surface area (Å²) >= 11 is 0. The van der Waals surface area contributed by atoms with E-state index < -0.39 is 0 Å². The zero-order valence-corrected chi connectivity index (χ0v) is 17.9. The lowest BCUT2D eigenvalue weighted by Crippen LogP contribution is -2.25. The van der Waals surface area contributed by atoms with Gasteiger partial charge < -0.3 is 25.0 Å². The number of pyridine rings is 1. The first kappa shape index (κ1) is 19.8. The van der Waals surface area contributed by atoms with Crippen LogP contribution in [0.2, 0.25) is 0 Å². The average molecular weight is 429 g/mol. The van der Waals surface area contributed by atoms with Crippen LogP contribution in [-0.2, 0) is 0 Å². The molecule has 4 aromatic rings. The van der Waals surface area contributed by atoms with Crippen molar-refractivity contribution in [2.75, 3.05) is 35.4 Å². The fraction of sp³-hybridized carbons (Fsp3) is 0.217. The largest absolute Gasteiger partial charge is 0.454 e. The van der Waals surface area contributed by atoms with Crippen LogP contribution >= 0.6 is 0 Å². The first-order valence-electron chi connectivity index (χ1n) is 10.5. The Kier molecular flexibility index (Phi) is 5.29. The lowest BCUT2D eigenvalue weighted by atomic mass is 10.1. The monoisotopic (exact) mass is 429 g/mol. The number of nitrogens with one attached hydrogen (secondary N) is 2. The lowest BCUT2D eigenvalue weighted by Gasteiger charge is -2.20. The third kappa shape index (κ3) is 3.92. The van der Waals surface area contributed by atoms with Crippen LogP contribution < -0.4 is 25.0 Å². The summed E-state index contributed by atoms with van der Waals surface area (Å²) < 4.78 is 10.9. The number of rotatable bonds is 7. The fourth-order valence-corrected chi connectivity index (χ4v) is 3.55. The lowest BCUT2D eigenvalue weighted by molar-refractivity contribution is 0.174. The smallest absolute Gasteiger partial charge is 0.235 e. The van der Waals surface area contributed by atoms with Crippen molar-refractivity contribution in [1.29, 1.82) is 0 Å². The Balaban J connectivity index is 1.51. The first-order chi connectivity index (χ1) is 15.7. The standard InChI is InChI=1S/C23H23N7O2/c1-3-30(4-2)23-28-21(25-16-9-10-18-19(13-16)32-14-31-18)27-22(29-23)26-20-17-8-6-5-7-15(17)11-12-24-20/h5-13H,3-4,14H2,1-2H3,(H2,24,25,26,27,28,29). The highest BCUT2D eigenvalue weighted by molar-refractivity contribution is 5.92. The predicted molar refractivity (Wildman–Crippen MR) is 124 cm³/mol. The number of anilines is 5. The van der Waals surface area contributed by atoms with Crippen LogP contribution in [0.15, 0.2) is 54.7 Å². The van der Waals surface area contributed by atoms with Gasteiger partial charge in [-0.2, -0.15) is 15.0 Å². The van der Waals surface area contributed by atoms with Gasteiger partial charge >= 0.3 is 0 Å². The predicted octanol–water partition coefficient (Wildman–Crippen LogP) is 4.48. The summed E-state index contributed by atoms with van der Waals surface area (Å²) in [7, 11) is 0. The van der Waals surface area contributed by atoms with E-state index in [0.29, 0.717) is 29.4 Å². The van der Waals surface area contributed by atoms with Gasteiger partial charge in [0, 0.05) is 36.4 Å². The number of aromatic nitrogens is 4. The minimum Gasteiger partial charge on any atom is -0.454 e. The van der Waals surface area contributed by atoms with Crippen LogP contribution in [-0.4, -0.2) is 39.8 Å². The van der Waals surface area contributed by atoms with Crippen LogP contribution in [0.4, 0.5) is 29.4 Å². The molecule has 0 bridgehead atoms. The Bertz CT molecular complexity index is 1260. The van der Waals surface area contributed by atoms with E-state index in [1.54, 1.807) is 6.20 Å². The molecule has 0 saturated heterocycles. The summed E-state index contributed by atoms with van der Waals surface area (Å²) in [6.45, 7) is 5.91. The van der Waals surface area contributed by atoms with Crippen molar-refractivity contribution < 1.29 is 9.47 Å². The third-order valence-corrected chi connectivity index (χ3v) is 5.20. The summed E-state index contributed by atoms with van der Waals surface area (Å²) in [6.07, 6.45) is 1.77. The molecule has 1 aliphatic heterocycles. The second-order valence-electron chi connectivity index (χ2n) is 7.15. The SMILES string of the molecule is CCN(CC)c1nc(Nc2ccc3c(c2)OCO3)nc(Nc2nccc3ccccc23)n1. The summed E-state index contributed by atoms with van der Waals surface area (Å²) in [6, 6.07) is 15.6. The second kappa shape index (κ2) is 8.54. The van der Waals surface area contributed by atoms with E-state index in [-0.39, 0.29) is 6.79 Å². The highest BCUT2D eigenvalue weighted by Crippen LogP contribution is 2.35. The van der Waals surface area contributed by atoms with Crippen molar-refractivity contribution in [3.05, 3.63) is 54.7 Å². The van der Waals surface area contributed by atoms with Gasteiger partial charge in [0.2, 0.25) is 24.6 Å². The maximum Gasteiger partial charge on any atom is 0.235 e. The van der Waals surface area contributed by atoms with Gasteiger partial charge in [0.05, 0.1) is 0 Å². The molecule has 3 heterocycles. The molecule has 9 heteroatoms. The molecule has 2 N–H and O–H groups in total. The average Bonchev–Trinajstić information content (AvgIpc) is 3.28. The topological polar surface area (TPSA) is 97.3 Å². The molecule has 0 unspecified atom stereocenters. The Morgan fingerprint density at radius 3 is 2.50 bits per heavy atom. The molecule has 5 rings (SSSR count). The van der Waals surface area contributed by atoms with Gasteiger partial charge in [-0.05, 0) is 37.4 Å². The van der Waals surface area contributed by atoms with Crippen LogP contribution in [0, 0.1) is 0 Å². The highest BCUT2D eigenvalue weighted by atomic mass is 16.7. The summed E-state index contributed by atoms with van der Waals surface area (Å²) in [4.78, 5) is 20.4. The Hall–Kier alpha value is -4.14. The van der Waals surface area contributed by atoms with Gasteiger partial charge in [-0.1, -0.05) is 24.3 Å². The summed E-state index contributed by atoms with van der Waals surface area (Å²) in [5.74, 6) is 3.51. The molecule has 0 saturated carbocycles. The van der Waals surface area contributed by atoms with Gasteiger partial charge in [-0.15, -0.1) is 0 Å². The van der Waals surface area contributed by atoms with E-state index in [4.69, 9.17) is 9.47 Å². The Labute approximate surface area is 185 Å². The molecule has 2 aromatic heterocycles. The van der Waals surface area contributed by atoms with E-state index >= 15 is 0 Å². The van der Waals surface area contributed by atoms with Crippen LogP contribution in [0.1, 0.15) is 13.8 Å². The number of ether oxygens (including phenoxy) is 2. The molecule has 1 aliphatic rings. The fourth-order valence-electron chi connectivity index (χ4n) is 3.55. The Morgan fingerprint density at radius 2 is 1.66 bits per heavy atom. The molecule has 32 heavy (non-hydrogen) atoms. The zero-order valence-electron chi connectivity index (χ0n) is 17.9. The van der Waals surface area contributed by atoms with Crippen LogP contribution in [0.5, 0.6) is 11.5 Å². The Morgan fingerprint density at radius 1 is 0.875 bits per heavy atom. The maximum atomic E-state index is 5.47. The molecule has 0 atom stereocenters. The summed E-state index contributed by atoms with van der Waals surface area (Å²) in [5, 5.41) is 8.60. The van der Waals surface area contributed by atoms with Crippen molar-refractivity contribution in [3.8, 4) is 11.5 Å². The molecule has 9 nitrogen and oxygen atoms in total. The number of hydrogen-bond acceptors (Lipinski definition) is 9. The quantitative estimate of drug-likeness (QED) is 0.440. The zero-order chi connectivity index (χ0) is 21.9. The van der Waals surface area contributed by atoms with Gasteiger partial charge in [0.1, 0.15) is 5.82 Å². The molecule has 162 valence electrons. The van der Waals surface area contributed by atoms with Gasteiger partial charge in [-0.25, -0.2) is 4.98 Å². The molecule has 0 amide bonds. The highest BCUT2D eigenvalue weighted by Gasteiger charge is 2.16. The number of benzene rings is 2. The van der Waals surface area contributed by atoms with Crippen molar-refractivity contribution in [1.82, 2.24) is 19.9 Å². The second-order valence-corrected chi connectivity index (χ2v) is 7.15. The number of nitrogens with zero attached hydrogens (tertiary/aromatic N) is 5. The number of fused-ring (bicyclic) bond motifs is 2. The van der Waals surface area contributed by atoms with E-state index in [1.165, 1.54) is 0 Å². The van der Waals surface area contributed by atoms with E-state index in [2.05, 4.69) is 49.3 Å². The minimum atomic E-state index is 0.225. The third-order valence-electron chi connectivity index (χ3n) is 5.20. The van der Waals surface area contributed by atoms with Gasteiger partial charge in [0.15, 0.2) is 11.5 Å². The van der Waals surface area contributed by atoms with Crippen molar-refractivity contribution in [3.63, 3.8) is 0 Å². The van der Waals surface area contributed by atoms with E-state index in [1.807, 2.05) is 48.5 Å². The molecule has 2 aromatic carbocycles. The first-order valence-corrected chi connectivity index (χ1v) is 10.5. The molecular weight excluding hydrogens is 406 g/mol. The summed E-state index contributed by atoms with van der Waals surface area (Å²) in [5.41, 5.74) is 0.792. The van der Waals surface area contributed by atoms with Gasteiger partial charge in [0.25, 0.3) is 0 Å². The molecule has 0 radical (unpaired) electrons. The van der Waals surface area contributed by atoms with E-state index in [9.17, 15) is 0 Å². The molecule has 0 fully saturated rings. The minimum absolute atomic E-state index is 0.225. The molecule has 0 aliphatic carbocycles. The van der Waals surface area contributed by atoms with Crippen molar-refractivity contribution in [2.45, 2.75) is 13.8 Å².